The summed E-state index contributed by atoms with van der Waals surface area (Å²) >= 11 is 0. The smallest absolute Gasteiger partial charge is 0.0505 e. The van der Waals surface area contributed by atoms with Gasteiger partial charge in [-0.2, -0.15) is 0 Å². The monoisotopic (exact) mass is 938 g/mol. The number of hydrogen-bond acceptors (Lipinski definition) is 2. The van der Waals surface area contributed by atoms with Crippen molar-refractivity contribution in [1.29, 1.82) is 0 Å². The fourth-order valence-corrected chi connectivity index (χ4v) is 14.4. The van der Waals surface area contributed by atoms with Gasteiger partial charge in [-0.05, 0) is 176 Å². The van der Waals surface area contributed by atoms with Gasteiger partial charge in [0.2, 0.25) is 0 Å². The van der Waals surface area contributed by atoms with Crippen LogP contribution in [0.5, 0.6) is 0 Å². The number of benzene rings is 10. The number of nitrogens with zero attached hydrogens (tertiary/aromatic N) is 2. The fraction of sp³-hybridized carbons (Fsp3) is 0.155. The third-order valence-electron chi connectivity index (χ3n) is 17.4. The minimum Gasteiger partial charge on any atom is -0.310 e. The van der Waals surface area contributed by atoms with Gasteiger partial charge in [0.15, 0.2) is 0 Å². The summed E-state index contributed by atoms with van der Waals surface area (Å²) in [6.45, 7) is 4.80. The molecule has 0 amide bonds. The van der Waals surface area contributed by atoms with Crippen molar-refractivity contribution in [2.75, 3.05) is 9.80 Å². The van der Waals surface area contributed by atoms with Crippen LogP contribution < -0.4 is 9.80 Å². The minimum absolute atomic E-state index is 0.116. The lowest BCUT2D eigenvalue weighted by Crippen LogP contribution is -2.42. The van der Waals surface area contributed by atoms with Gasteiger partial charge >= 0.3 is 0 Å². The van der Waals surface area contributed by atoms with Crippen LogP contribution in [0.3, 0.4) is 0 Å². The predicted octanol–water partition coefficient (Wildman–Crippen LogP) is 18.7. The summed E-state index contributed by atoms with van der Waals surface area (Å²) in [6, 6.07) is 91.1. The molecule has 10 aromatic rings. The first-order chi connectivity index (χ1) is 36.0. The number of para-hydroxylation sites is 2. The Morgan fingerprint density at radius 1 is 0.356 bits per heavy atom. The Morgan fingerprint density at radius 2 is 0.795 bits per heavy atom. The first-order valence-corrected chi connectivity index (χ1v) is 26.5. The Morgan fingerprint density at radius 3 is 1.36 bits per heavy atom. The maximum Gasteiger partial charge on any atom is 0.0505 e. The van der Waals surface area contributed by atoms with Crippen LogP contribution in [0.4, 0.5) is 34.1 Å². The van der Waals surface area contributed by atoms with E-state index in [0.717, 1.165) is 18.5 Å². The van der Waals surface area contributed by atoms with E-state index in [0.29, 0.717) is 11.8 Å². The van der Waals surface area contributed by atoms with Crippen molar-refractivity contribution in [1.82, 2.24) is 0 Å². The third-order valence-corrected chi connectivity index (χ3v) is 17.4. The van der Waals surface area contributed by atoms with E-state index in [2.05, 4.69) is 266 Å². The molecule has 0 heterocycles. The quantitative estimate of drug-likeness (QED) is 0.142. The normalized spacial score (nSPS) is 18.4. The number of anilines is 6. The van der Waals surface area contributed by atoms with Crippen LogP contribution in [0.2, 0.25) is 0 Å². The van der Waals surface area contributed by atoms with Gasteiger partial charge in [0.1, 0.15) is 0 Å². The molecule has 1 fully saturated rings. The highest BCUT2D eigenvalue weighted by Gasteiger charge is 2.60. The molecule has 0 aliphatic heterocycles. The van der Waals surface area contributed by atoms with Crippen molar-refractivity contribution >= 4 is 34.1 Å². The molecule has 0 N–H and O–H groups in total. The Labute approximate surface area is 430 Å². The molecule has 2 nitrogen and oxygen atoms in total. The summed E-state index contributed by atoms with van der Waals surface area (Å²) < 4.78 is 0. The van der Waals surface area contributed by atoms with Crippen LogP contribution in [0.15, 0.2) is 243 Å². The van der Waals surface area contributed by atoms with Gasteiger partial charge in [0, 0.05) is 33.6 Å². The molecule has 73 heavy (non-hydrogen) atoms. The van der Waals surface area contributed by atoms with Crippen LogP contribution >= 0.6 is 0 Å². The van der Waals surface area contributed by atoms with Crippen molar-refractivity contribution < 1.29 is 0 Å². The summed E-state index contributed by atoms with van der Waals surface area (Å²) in [5.41, 5.74) is 26.0. The number of rotatable bonds is 9. The molecule has 3 atom stereocenters. The zero-order valence-corrected chi connectivity index (χ0v) is 41.7. The molecule has 2 heteroatoms. The number of hydrogen-bond donors (Lipinski definition) is 0. The molecule has 1 saturated carbocycles. The second kappa shape index (κ2) is 17.2. The zero-order chi connectivity index (χ0) is 48.7. The Hall–Kier alpha value is -8.20. The van der Waals surface area contributed by atoms with Crippen molar-refractivity contribution in [2.45, 2.75) is 56.8 Å². The average molecular weight is 939 g/mol. The molecule has 352 valence electrons. The van der Waals surface area contributed by atoms with E-state index in [1.165, 1.54) is 126 Å². The van der Waals surface area contributed by atoms with Gasteiger partial charge in [-0.25, -0.2) is 0 Å². The van der Waals surface area contributed by atoms with E-state index in [4.69, 9.17) is 0 Å². The van der Waals surface area contributed by atoms with Crippen LogP contribution in [0.25, 0.3) is 44.5 Å². The second-order valence-corrected chi connectivity index (χ2v) is 21.5. The predicted molar refractivity (Wildman–Crippen MR) is 305 cm³/mol. The lowest BCUT2D eigenvalue weighted by molar-refractivity contribution is 0.177. The molecule has 0 radical (unpaired) electrons. The van der Waals surface area contributed by atoms with Crippen LogP contribution in [-0.2, 0) is 23.7 Å². The molecule has 0 saturated heterocycles. The summed E-state index contributed by atoms with van der Waals surface area (Å²) in [5, 5.41) is 0. The fourth-order valence-electron chi connectivity index (χ4n) is 14.4. The van der Waals surface area contributed by atoms with Gasteiger partial charge in [-0.15, -0.1) is 0 Å². The van der Waals surface area contributed by atoms with E-state index in [1.807, 2.05) is 0 Å². The molecule has 0 bridgehead atoms. The molecule has 3 unspecified atom stereocenters. The van der Waals surface area contributed by atoms with Gasteiger partial charge < -0.3 is 9.80 Å². The summed E-state index contributed by atoms with van der Waals surface area (Å²) in [7, 11) is 0. The molecule has 10 aromatic carbocycles. The zero-order valence-electron chi connectivity index (χ0n) is 41.7. The highest BCUT2D eigenvalue weighted by molar-refractivity contribution is 5.96. The first kappa shape index (κ1) is 43.6. The van der Waals surface area contributed by atoms with E-state index < -0.39 is 0 Å². The highest BCUT2D eigenvalue weighted by Crippen LogP contribution is 2.67. The van der Waals surface area contributed by atoms with Gasteiger partial charge in [-0.1, -0.05) is 202 Å². The van der Waals surface area contributed by atoms with E-state index >= 15 is 0 Å². The van der Waals surface area contributed by atoms with Crippen LogP contribution in [0, 0.1) is 11.8 Å². The van der Waals surface area contributed by atoms with E-state index in [1.54, 1.807) is 0 Å². The van der Waals surface area contributed by atoms with Crippen LogP contribution in [-0.4, -0.2) is 0 Å². The van der Waals surface area contributed by atoms with E-state index in [-0.39, 0.29) is 10.8 Å². The second-order valence-electron chi connectivity index (χ2n) is 21.5. The van der Waals surface area contributed by atoms with Gasteiger partial charge in [0.05, 0.1) is 11.4 Å². The molecule has 14 rings (SSSR count). The topological polar surface area (TPSA) is 6.48 Å². The Bertz CT molecular complexity index is 3630. The van der Waals surface area contributed by atoms with Gasteiger partial charge in [-0.3, -0.25) is 0 Å². The highest BCUT2D eigenvalue weighted by atomic mass is 15.2. The van der Waals surface area contributed by atoms with Crippen molar-refractivity contribution in [3.8, 4) is 44.5 Å². The third kappa shape index (κ3) is 6.76. The van der Waals surface area contributed by atoms with E-state index in [9.17, 15) is 0 Å². The molecular formula is C71H58N2. The largest absolute Gasteiger partial charge is 0.310 e. The molecule has 4 aliphatic rings. The first-order valence-electron chi connectivity index (χ1n) is 26.5. The summed E-state index contributed by atoms with van der Waals surface area (Å²) in [4.78, 5) is 5.20. The standard InChI is InChI=1S/C71H58N2/c1-70(2)63-36-16-15-33-61(63)62-44-43-58(47-64(62)70)73(56-31-13-6-14-32-56)66-38-18-26-52-46-54-28-19-27-53-45-51-25-17-37-65(68(51)71(53,54)69(52)66)72(55-29-11-5-12-30-55)57-41-39-50(40-42-57)67-59(48-21-7-3-8-22-48)34-20-35-60(67)49-23-9-4-10-24-49/h3-18,20-26,29-44,47,53-54H,19,27-28,45-46H2,1-2H3. The molecular weight excluding hydrogens is 881 g/mol. The molecule has 0 aromatic heterocycles. The minimum atomic E-state index is -0.179. The summed E-state index contributed by atoms with van der Waals surface area (Å²) in [6.07, 6.45) is 5.89. The SMILES string of the molecule is CC1(C)c2ccccc2-c2ccc(N(c3ccccc3)c3cccc4c3C35c6c(cccc6N(c6ccccc6)c6ccc(-c7c(-c8ccccc8)cccc7-c7ccccc7)cc6)CC3CCCC5C4)cc21. The lowest BCUT2D eigenvalue weighted by Gasteiger charge is -2.46. The number of fused-ring (bicyclic) bond motifs is 5. The summed E-state index contributed by atoms with van der Waals surface area (Å²) in [5.74, 6) is 0.976. The van der Waals surface area contributed by atoms with Gasteiger partial charge in [0.25, 0.3) is 0 Å². The maximum absolute atomic E-state index is 2.62. The lowest BCUT2D eigenvalue weighted by atomic mass is 9.58. The Balaban J connectivity index is 0.956. The van der Waals surface area contributed by atoms with Crippen LogP contribution in [0.1, 0.15) is 66.5 Å². The van der Waals surface area contributed by atoms with Crippen molar-refractivity contribution in [3.63, 3.8) is 0 Å². The molecule has 4 aliphatic carbocycles. The average Bonchev–Trinajstić information content (AvgIpc) is 4.07. The Kier molecular flexibility index (Phi) is 10.3. The van der Waals surface area contributed by atoms with Crippen molar-refractivity contribution in [3.05, 3.63) is 276 Å². The van der Waals surface area contributed by atoms with Crippen molar-refractivity contribution in [2.24, 2.45) is 11.8 Å². The maximum atomic E-state index is 2.62. The molecule has 1 spiro atoms.